The number of hydrogen-bond donors (Lipinski definition) is 0. The SMILES string of the molecule is C[C@@H]1CN(c2c(C=O)cc3c(-n4cc(CS(C)(=O)=O)sc4=O)noc3c2F)C[C@@H](C)O1. The van der Waals surface area contributed by atoms with E-state index in [1.165, 1.54) is 12.3 Å². The third kappa shape index (κ3) is 4.14. The first-order chi connectivity index (χ1) is 14.6. The topological polar surface area (TPSA) is 112 Å². The Morgan fingerprint density at radius 2 is 2.00 bits per heavy atom. The van der Waals surface area contributed by atoms with Gasteiger partial charge in [-0.25, -0.2) is 12.8 Å². The van der Waals surface area contributed by atoms with Crippen LogP contribution in [0, 0.1) is 5.82 Å². The van der Waals surface area contributed by atoms with Gasteiger partial charge in [0.25, 0.3) is 0 Å². The second kappa shape index (κ2) is 7.84. The maximum atomic E-state index is 15.5. The van der Waals surface area contributed by atoms with Gasteiger partial charge in [-0.2, -0.15) is 0 Å². The lowest BCUT2D eigenvalue weighted by Gasteiger charge is -2.37. The van der Waals surface area contributed by atoms with Crippen molar-refractivity contribution in [1.29, 1.82) is 0 Å². The number of sulfone groups is 1. The molecule has 0 saturated carbocycles. The van der Waals surface area contributed by atoms with Crippen LogP contribution in [0.1, 0.15) is 29.1 Å². The van der Waals surface area contributed by atoms with E-state index in [0.29, 0.717) is 24.3 Å². The van der Waals surface area contributed by atoms with Crippen molar-refractivity contribution in [3.8, 4) is 5.82 Å². The predicted molar refractivity (Wildman–Crippen MR) is 114 cm³/mol. The number of carbonyl (C=O) groups is 1. The fraction of sp³-hybridized carbons (Fsp3) is 0.421. The van der Waals surface area contributed by atoms with E-state index in [0.717, 1.165) is 22.2 Å². The number of fused-ring (bicyclic) bond motifs is 1. The molecule has 2 aromatic heterocycles. The van der Waals surface area contributed by atoms with Gasteiger partial charge in [0.15, 0.2) is 27.8 Å². The molecule has 0 aliphatic carbocycles. The van der Waals surface area contributed by atoms with Gasteiger partial charge in [-0.1, -0.05) is 16.5 Å². The van der Waals surface area contributed by atoms with E-state index in [9.17, 15) is 18.0 Å². The molecule has 0 bridgehead atoms. The number of ether oxygens (including phenoxy) is 1. The lowest BCUT2D eigenvalue weighted by molar-refractivity contribution is -0.00543. The molecular formula is C19H20FN3O6S2. The Hall–Kier alpha value is -2.57. The van der Waals surface area contributed by atoms with Gasteiger partial charge in [0.05, 0.1) is 29.0 Å². The molecule has 0 N–H and O–H groups in total. The van der Waals surface area contributed by atoms with E-state index < -0.39 is 20.5 Å². The van der Waals surface area contributed by atoms with Crippen molar-refractivity contribution < 1.29 is 26.9 Å². The van der Waals surface area contributed by atoms with Gasteiger partial charge in [-0.15, -0.1) is 0 Å². The van der Waals surface area contributed by atoms with Crippen LogP contribution < -0.4 is 9.77 Å². The van der Waals surface area contributed by atoms with Gasteiger partial charge in [0, 0.05) is 36.0 Å². The van der Waals surface area contributed by atoms with Crippen LogP contribution in [-0.2, 0) is 20.3 Å². The van der Waals surface area contributed by atoms with Gasteiger partial charge in [0.2, 0.25) is 5.58 Å². The Morgan fingerprint density at radius 1 is 1.32 bits per heavy atom. The van der Waals surface area contributed by atoms with Gasteiger partial charge in [0.1, 0.15) is 0 Å². The first-order valence-corrected chi connectivity index (χ1v) is 12.3. The Kier molecular flexibility index (Phi) is 5.48. The number of thiazole rings is 1. The number of morpholine rings is 1. The number of carbonyl (C=O) groups excluding carboxylic acids is 1. The summed E-state index contributed by atoms with van der Waals surface area (Å²) in [6.45, 7) is 4.52. The lowest BCUT2D eigenvalue weighted by atomic mass is 10.1. The molecule has 1 aliphatic heterocycles. The lowest BCUT2D eigenvalue weighted by Crippen LogP contribution is -2.46. The summed E-state index contributed by atoms with van der Waals surface area (Å²) in [6.07, 6.45) is 2.64. The zero-order valence-corrected chi connectivity index (χ0v) is 18.6. The highest BCUT2D eigenvalue weighted by Crippen LogP contribution is 2.35. The third-order valence-corrected chi connectivity index (χ3v) is 6.77. The van der Waals surface area contributed by atoms with Gasteiger partial charge >= 0.3 is 4.87 Å². The molecule has 0 amide bonds. The Morgan fingerprint density at radius 3 is 2.61 bits per heavy atom. The monoisotopic (exact) mass is 469 g/mol. The van der Waals surface area contributed by atoms with Crippen molar-refractivity contribution in [2.45, 2.75) is 31.8 Å². The average molecular weight is 470 g/mol. The van der Waals surface area contributed by atoms with Crippen LogP contribution in [-0.4, -0.2) is 56.0 Å². The largest absolute Gasteiger partial charge is 0.372 e. The number of aldehydes is 1. The fourth-order valence-electron chi connectivity index (χ4n) is 3.84. The molecule has 1 fully saturated rings. The minimum atomic E-state index is -3.34. The van der Waals surface area contributed by atoms with Gasteiger partial charge < -0.3 is 14.2 Å². The zero-order chi connectivity index (χ0) is 22.5. The maximum absolute atomic E-state index is 15.5. The molecule has 4 rings (SSSR count). The number of rotatable bonds is 5. The number of halogens is 1. The highest BCUT2D eigenvalue weighted by Gasteiger charge is 2.30. The molecule has 166 valence electrons. The quantitative estimate of drug-likeness (QED) is 0.523. The number of anilines is 1. The number of benzene rings is 1. The summed E-state index contributed by atoms with van der Waals surface area (Å²) in [5.74, 6) is -1.06. The molecule has 1 aliphatic rings. The van der Waals surface area contributed by atoms with Crippen LogP contribution in [0.2, 0.25) is 0 Å². The van der Waals surface area contributed by atoms with Crippen LogP contribution in [0.25, 0.3) is 16.8 Å². The van der Waals surface area contributed by atoms with Crippen LogP contribution in [0.5, 0.6) is 0 Å². The summed E-state index contributed by atoms with van der Waals surface area (Å²) in [4.78, 5) is 25.8. The van der Waals surface area contributed by atoms with Gasteiger partial charge in [-0.05, 0) is 19.9 Å². The molecule has 2 atom stereocenters. The van der Waals surface area contributed by atoms with E-state index in [2.05, 4.69) is 5.16 Å². The van der Waals surface area contributed by atoms with Crippen molar-refractivity contribution in [2.75, 3.05) is 24.2 Å². The first-order valence-electron chi connectivity index (χ1n) is 9.44. The smallest absolute Gasteiger partial charge is 0.313 e. The standard InChI is InChI=1S/C19H20FN3O6S2/c1-10-5-22(6-11(2)28-10)16-12(8-24)4-14-17(15(16)20)29-21-18(14)23-7-13(30-19(23)25)9-31(3,26)27/h4,7-8,10-11H,5-6,9H2,1-3H3/t10-,11-/m1/s1. The number of hydrogen-bond acceptors (Lipinski definition) is 9. The van der Waals surface area contributed by atoms with E-state index in [1.54, 1.807) is 4.90 Å². The van der Waals surface area contributed by atoms with Gasteiger partial charge in [-0.3, -0.25) is 14.2 Å². The van der Waals surface area contributed by atoms with E-state index in [4.69, 9.17) is 9.26 Å². The third-order valence-electron chi connectivity index (χ3n) is 4.87. The second-order valence-electron chi connectivity index (χ2n) is 7.69. The maximum Gasteiger partial charge on any atom is 0.313 e. The second-order valence-corrected chi connectivity index (χ2v) is 10.9. The zero-order valence-electron chi connectivity index (χ0n) is 17.0. The van der Waals surface area contributed by atoms with Crippen LogP contribution in [0.4, 0.5) is 10.1 Å². The molecular weight excluding hydrogens is 449 g/mol. The highest BCUT2D eigenvalue weighted by atomic mass is 32.2. The molecule has 0 unspecified atom stereocenters. The first kappa shape index (κ1) is 21.7. The molecule has 0 radical (unpaired) electrons. The molecule has 12 heteroatoms. The molecule has 3 aromatic rings. The molecule has 1 aromatic carbocycles. The molecule has 9 nitrogen and oxygen atoms in total. The van der Waals surface area contributed by atoms with Crippen molar-refractivity contribution >= 4 is 44.1 Å². The van der Waals surface area contributed by atoms with Crippen molar-refractivity contribution in [1.82, 2.24) is 9.72 Å². The normalized spacial score (nSPS) is 19.8. The minimum Gasteiger partial charge on any atom is -0.372 e. The van der Waals surface area contributed by atoms with Crippen molar-refractivity contribution in [2.24, 2.45) is 0 Å². The van der Waals surface area contributed by atoms with E-state index in [-0.39, 0.29) is 46.0 Å². The van der Waals surface area contributed by atoms with Crippen LogP contribution in [0.15, 0.2) is 21.6 Å². The summed E-state index contributed by atoms with van der Waals surface area (Å²) in [5.41, 5.74) is 0.00294. The van der Waals surface area contributed by atoms with Crippen LogP contribution in [0.3, 0.4) is 0 Å². The Labute approximate surface area is 180 Å². The molecule has 1 saturated heterocycles. The number of aromatic nitrogens is 2. The van der Waals surface area contributed by atoms with Crippen molar-refractivity contribution in [3.05, 3.63) is 38.2 Å². The van der Waals surface area contributed by atoms with E-state index in [1.807, 2.05) is 13.8 Å². The summed E-state index contributed by atoms with van der Waals surface area (Å²) < 4.78 is 50.6. The van der Waals surface area contributed by atoms with E-state index >= 15 is 4.39 Å². The molecule has 31 heavy (non-hydrogen) atoms. The summed E-state index contributed by atoms with van der Waals surface area (Å²) >= 11 is 0.750. The number of nitrogens with zero attached hydrogens (tertiary/aromatic N) is 3. The summed E-state index contributed by atoms with van der Waals surface area (Å²) in [5, 5.41) is 3.98. The van der Waals surface area contributed by atoms with Crippen molar-refractivity contribution in [3.63, 3.8) is 0 Å². The van der Waals surface area contributed by atoms with Crippen LogP contribution >= 0.6 is 11.3 Å². The minimum absolute atomic E-state index is 0.00624. The molecule has 0 spiro atoms. The summed E-state index contributed by atoms with van der Waals surface area (Å²) in [7, 11) is -3.34. The fourth-order valence-corrected chi connectivity index (χ4v) is 5.93. The highest BCUT2D eigenvalue weighted by molar-refractivity contribution is 7.90. The predicted octanol–water partition coefficient (Wildman–Crippen LogP) is 2.15. The molecule has 3 heterocycles. The summed E-state index contributed by atoms with van der Waals surface area (Å²) in [6, 6.07) is 1.43. The Balaban J connectivity index is 1.84. The Bertz CT molecular complexity index is 1320. The average Bonchev–Trinajstić information content (AvgIpc) is 3.22.